The van der Waals surface area contributed by atoms with Gasteiger partial charge in [0.2, 0.25) is 0 Å². The fourth-order valence-electron chi connectivity index (χ4n) is 3.50. The molecule has 2 rings (SSSR count). The second-order valence-electron chi connectivity index (χ2n) is 5.78. The Balaban J connectivity index is 1.81. The molecule has 0 bridgehead atoms. The van der Waals surface area contributed by atoms with Gasteiger partial charge in [-0.1, -0.05) is 0 Å². The van der Waals surface area contributed by atoms with Gasteiger partial charge in [-0.25, -0.2) is 0 Å². The van der Waals surface area contributed by atoms with E-state index in [1.807, 2.05) is 0 Å². The number of carbonyl (C=O) groups is 1. The van der Waals surface area contributed by atoms with Crippen molar-refractivity contribution in [3.8, 4) is 0 Å². The Kier molecular flexibility index (Phi) is 6.92. The van der Waals surface area contributed by atoms with Crippen molar-refractivity contribution >= 4 is 24.5 Å². The number of nitrogens with one attached hydrogen (secondary N) is 1. The van der Waals surface area contributed by atoms with Crippen molar-refractivity contribution in [2.24, 2.45) is 17.8 Å². The summed E-state index contributed by atoms with van der Waals surface area (Å²) in [4.78, 5) is 11.9. The molecule has 4 atom stereocenters. The van der Waals surface area contributed by atoms with Crippen molar-refractivity contribution < 1.29 is 22.0 Å². The van der Waals surface area contributed by atoms with E-state index in [1.165, 1.54) is 32.1 Å². The van der Waals surface area contributed by atoms with Crippen molar-refractivity contribution in [2.45, 2.75) is 49.4 Å². The Morgan fingerprint density at radius 1 is 1.42 bits per heavy atom. The molecule has 2 aliphatic rings. The Labute approximate surface area is 137 Å². The molecule has 0 aromatic carbocycles. The summed E-state index contributed by atoms with van der Waals surface area (Å²) in [5, 5.41) is 3.09. The van der Waals surface area contributed by atoms with Crippen molar-refractivity contribution in [3.63, 3.8) is 0 Å². The van der Waals surface area contributed by atoms with Gasteiger partial charge in [-0.15, -0.1) is 0 Å². The van der Waals surface area contributed by atoms with Gasteiger partial charge in [0.15, 0.2) is 0 Å². The number of halogens is 2. The molecule has 1 aliphatic heterocycles. The second-order valence-corrected chi connectivity index (χ2v) is 11.0. The molecule has 2 fully saturated rings. The number of unbranched alkanes of at least 4 members (excludes halogenated alkanes) is 1. The first-order valence-corrected chi connectivity index (χ1v) is 15.0. The third kappa shape index (κ3) is 4.32. The van der Waals surface area contributed by atoms with E-state index in [1.54, 1.807) is 0 Å². The molecule has 1 saturated carbocycles. The van der Waals surface area contributed by atoms with Crippen LogP contribution in [0.3, 0.4) is 0 Å². The molecule has 0 radical (unpaired) electrons. The SMILES string of the molecule is CC/C=C/CCC[C@H]1CC2CNC(=O)C2C([I-]I)C1. The van der Waals surface area contributed by atoms with Crippen molar-refractivity contribution in [1.29, 1.82) is 0 Å². The van der Waals surface area contributed by atoms with Gasteiger partial charge in [-0.2, -0.15) is 0 Å². The number of allylic oxidation sites excluding steroid dienone is 2. The van der Waals surface area contributed by atoms with Crippen LogP contribution >= 0.6 is 18.6 Å². The van der Waals surface area contributed by atoms with Gasteiger partial charge in [0.1, 0.15) is 0 Å². The number of carbonyl (C=O) groups excluding carboxylic acids is 1. The molecule has 1 amide bonds. The average Bonchev–Trinajstić information content (AvgIpc) is 2.79. The van der Waals surface area contributed by atoms with Crippen LogP contribution in [0.5, 0.6) is 0 Å². The van der Waals surface area contributed by atoms with E-state index >= 15 is 0 Å². The fraction of sp³-hybridized carbons (Fsp3) is 0.800. The summed E-state index contributed by atoms with van der Waals surface area (Å²) in [6.45, 7) is 3.14. The minimum atomic E-state index is 0.168. The fourth-order valence-corrected chi connectivity index (χ4v) is 8.87. The summed E-state index contributed by atoms with van der Waals surface area (Å²) < 4.78 is 0.733. The van der Waals surface area contributed by atoms with Crippen LogP contribution in [-0.4, -0.2) is 16.4 Å². The van der Waals surface area contributed by atoms with Gasteiger partial charge in [-0.3, -0.25) is 0 Å². The third-order valence-corrected chi connectivity index (χ3v) is 10.4. The van der Waals surface area contributed by atoms with E-state index in [-0.39, 0.29) is 17.2 Å². The predicted molar refractivity (Wildman–Crippen MR) is 83.8 cm³/mol. The van der Waals surface area contributed by atoms with E-state index in [0.29, 0.717) is 17.7 Å². The van der Waals surface area contributed by atoms with Gasteiger partial charge in [0.05, 0.1) is 0 Å². The number of rotatable bonds is 6. The standard InChI is InChI=1S/C15H24I2NO/c1-2-3-4-5-6-7-11-8-12-10-18-15(19)14(12)13(9-11)17-16/h3-4,11-14H,2,5-10H2,1H3,(H,18,19)/q-1/b4-3+/t11-,12?,13?,14?/m0/s1. The molecule has 4 heteroatoms. The molecule has 1 aliphatic carbocycles. The molecule has 0 spiro atoms. The monoisotopic (exact) mass is 488 g/mol. The van der Waals surface area contributed by atoms with E-state index in [4.69, 9.17) is 0 Å². The van der Waals surface area contributed by atoms with Crippen LogP contribution in [0.25, 0.3) is 0 Å². The summed E-state index contributed by atoms with van der Waals surface area (Å²) >= 11 is 2.75. The Morgan fingerprint density at radius 3 is 3.00 bits per heavy atom. The van der Waals surface area contributed by atoms with Crippen LogP contribution in [0.2, 0.25) is 0 Å². The molecule has 110 valence electrons. The topological polar surface area (TPSA) is 29.1 Å². The molecule has 0 aromatic rings. The summed E-state index contributed by atoms with van der Waals surface area (Å²) in [6.07, 6.45) is 12.3. The Bertz CT molecular complexity index is 332. The first kappa shape index (κ1) is 16.0. The van der Waals surface area contributed by atoms with Gasteiger partial charge < -0.3 is 0 Å². The second kappa shape index (κ2) is 8.20. The van der Waals surface area contributed by atoms with Crippen molar-refractivity contribution in [1.82, 2.24) is 5.32 Å². The third-order valence-electron chi connectivity index (χ3n) is 4.42. The Morgan fingerprint density at radius 2 is 2.26 bits per heavy atom. The van der Waals surface area contributed by atoms with E-state index in [9.17, 15) is 4.79 Å². The van der Waals surface area contributed by atoms with Crippen LogP contribution in [0.15, 0.2) is 12.2 Å². The molecular weight excluding hydrogens is 464 g/mol. The number of fused-ring (bicyclic) bond motifs is 1. The van der Waals surface area contributed by atoms with Crippen molar-refractivity contribution in [2.75, 3.05) is 6.54 Å². The average molecular weight is 488 g/mol. The normalized spacial score (nSPS) is 34.7. The van der Waals surface area contributed by atoms with Crippen LogP contribution in [-0.2, 0) is 4.79 Å². The van der Waals surface area contributed by atoms with Gasteiger partial charge >= 0.3 is 138 Å². The number of alkyl halides is 1. The van der Waals surface area contributed by atoms with E-state index in [0.717, 1.165) is 22.8 Å². The molecule has 1 N–H and O–H groups in total. The zero-order valence-corrected chi connectivity index (χ0v) is 15.9. The molecular formula is C15H24I2NO-. The first-order chi connectivity index (χ1) is 9.26. The maximum absolute atomic E-state index is 11.9. The quantitative estimate of drug-likeness (QED) is 0.254. The van der Waals surface area contributed by atoms with Crippen LogP contribution in [0.1, 0.15) is 45.4 Å². The van der Waals surface area contributed by atoms with Crippen molar-refractivity contribution in [3.05, 3.63) is 12.2 Å². The van der Waals surface area contributed by atoms with E-state index in [2.05, 4.69) is 43.0 Å². The summed E-state index contributed by atoms with van der Waals surface area (Å²) in [5.41, 5.74) is 0. The van der Waals surface area contributed by atoms with Gasteiger partial charge in [0, 0.05) is 0 Å². The molecule has 3 unspecified atom stereocenters. The van der Waals surface area contributed by atoms with Crippen LogP contribution in [0, 0.1) is 17.8 Å². The van der Waals surface area contributed by atoms with Gasteiger partial charge in [0.25, 0.3) is 0 Å². The zero-order valence-electron chi connectivity index (χ0n) is 11.6. The minimum absolute atomic E-state index is 0.168. The molecule has 19 heavy (non-hydrogen) atoms. The first-order valence-electron chi connectivity index (χ1n) is 7.43. The number of hydrogen-bond acceptors (Lipinski definition) is 1. The van der Waals surface area contributed by atoms with Crippen LogP contribution in [0.4, 0.5) is 0 Å². The summed E-state index contributed by atoms with van der Waals surface area (Å²) in [7, 11) is 0. The summed E-state index contributed by atoms with van der Waals surface area (Å²) in [5.74, 6) is 2.26. The Hall–Kier alpha value is 0.670. The van der Waals surface area contributed by atoms with E-state index < -0.39 is 0 Å². The molecule has 1 saturated heterocycles. The predicted octanol–water partition coefficient (Wildman–Crippen LogP) is 0.703. The summed E-state index contributed by atoms with van der Waals surface area (Å²) in [6, 6.07) is 0. The molecule has 0 aromatic heterocycles. The van der Waals surface area contributed by atoms with Gasteiger partial charge in [-0.05, 0) is 0 Å². The molecule has 1 heterocycles. The molecule has 2 nitrogen and oxygen atoms in total. The zero-order chi connectivity index (χ0) is 13.7. The maximum atomic E-state index is 11.9. The van der Waals surface area contributed by atoms with Crippen LogP contribution < -0.4 is 22.5 Å². The number of amides is 1. The number of hydrogen-bond donors (Lipinski definition) is 1.